The number of carboxylic acids is 1. The Labute approximate surface area is 115 Å². The van der Waals surface area contributed by atoms with E-state index in [4.69, 9.17) is 5.11 Å². The first-order valence-corrected chi connectivity index (χ1v) is 7.26. The van der Waals surface area contributed by atoms with Gasteiger partial charge in [-0.1, -0.05) is 39.5 Å². The van der Waals surface area contributed by atoms with E-state index in [9.17, 15) is 9.59 Å². The summed E-state index contributed by atoms with van der Waals surface area (Å²) in [7, 11) is 0. The zero-order chi connectivity index (χ0) is 14.3. The number of hydrogen-bond donors (Lipinski definition) is 2. The molecule has 0 heterocycles. The molecule has 2 N–H and O–H groups in total. The Morgan fingerprint density at radius 2 is 1.79 bits per heavy atom. The first kappa shape index (κ1) is 15.8. The lowest BCUT2D eigenvalue weighted by Crippen LogP contribution is -2.47. The van der Waals surface area contributed by atoms with Crippen LogP contribution < -0.4 is 5.32 Å². The second kappa shape index (κ2) is 8.02. The maximum absolute atomic E-state index is 12.1. The van der Waals surface area contributed by atoms with Crippen LogP contribution in [0.25, 0.3) is 0 Å². The number of hydrogen-bond acceptors (Lipinski definition) is 2. The third-order valence-corrected chi connectivity index (χ3v) is 3.38. The van der Waals surface area contributed by atoms with Gasteiger partial charge in [0.15, 0.2) is 0 Å². The Morgan fingerprint density at radius 1 is 1.21 bits per heavy atom. The molecule has 1 fully saturated rings. The normalized spacial score (nSPS) is 17.0. The molecule has 5 heteroatoms. The van der Waals surface area contributed by atoms with Gasteiger partial charge in [0.2, 0.25) is 0 Å². The summed E-state index contributed by atoms with van der Waals surface area (Å²) >= 11 is 0. The summed E-state index contributed by atoms with van der Waals surface area (Å²) in [5, 5.41) is 11.9. The molecule has 0 saturated heterocycles. The quantitative estimate of drug-likeness (QED) is 0.754. The highest BCUT2D eigenvalue weighted by atomic mass is 16.4. The van der Waals surface area contributed by atoms with Gasteiger partial charge in [-0.05, 0) is 18.8 Å². The van der Waals surface area contributed by atoms with Crippen LogP contribution in [0.5, 0.6) is 0 Å². The molecule has 0 unspecified atom stereocenters. The first-order chi connectivity index (χ1) is 8.99. The van der Waals surface area contributed by atoms with E-state index in [1.54, 1.807) is 0 Å². The predicted molar refractivity (Wildman–Crippen MR) is 74.1 cm³/mol. The van der Waals surface area contributed by atoms with Gasteiger partial charge in [0, 0.05) is 12.6 Å². The lowest BCUT2D eigenvalue weighted by Gasteiger charge is -2.26. The van der Waals surface area contributed by atoms with Crippen LogP contribution >= 0.6 is 0 Å². The van der Waals surface area contributed by atoms with Crippen molar-refractivity contribution >= 4 is 12.0 Å². The highest BCUT2D eigenvalue weighted by Crippen LogP contribution is 2.17. The van der Waals surface area contributed by atoms with E-state index in [1.165, 1.54) is 17.7 Å². The molecule has 2 amide bonds. The molecule has 0 aromatic heterocycles. The van der Waals surface area contributed by atoms with Crippen LogP contribution in [-0.4, -0.2) is 41.1 Å². The average molecular weight is 270 g/mol. The van der Waals surface area contributed by atoms with E-state index in [-0.39, 0.29) is 24.5 Å². The smallest absolute Gasteiger partial charge is 0.323 e. The highest BCUT2D eigenvalue weighted by molar-refractivity contribution is 5.80. The third kappa shape index (κ3) is 6.45. The molecule has 0 aliphatic heterocycles. The van der Waals surface area contributed by atoms with Crippen LogP contribution in [0, 0.1) is 5.92 Å². The number of carbonyl (C=O) groups is 2. The second-order valence-corrected chi connectivity index (χ2v) is 5.81. The summed E-state index contributed by atoms with van der Waals surface area (Å²) in [5.74, 6) is -0.698. The van der Waals surface area contributed by atoms with Crippen molar-refractivity contribution < 1.29 is 14.7 Å². The summed E-state index contributed by atoms with van der Waals surface area (Å²) < 4.78 is 0. The van der Waals surface area contributed by atoms with E-state index in [0.717, 1.165) is 25.7 Å². The summed E-state index contributed by atoms with van der Waals surface area (Å²) in [4.78, 5) is 24.4. The van der Waals surface area contributed by atoms with Crippen LogP contribution in [0.15, 0.2) is 0 Å². The van der Waals surface area contributed by atoms with Crippen molar-refractivity contribution in [3.63, 3.8) is 0 Å². The first-order valence-electron chi connectivity index (χ1n) is 7.26. The van der Waals surface area contributed by atoms with Crippen LogP contribution in [0.2, 0.25) is 0 Å². The van der Waals surface area contributed by atoms with Crippen molar-refractivity contribution in [2.45, 2.75) is 58.4 Å². The Hall–Kier alpha value is -1.26. The van der Waals surface area contributed by atoms with Crippen molar-refractivity contribution in [1.82, 2.24) is 10.2 Å². The van der Waals surface area contributed by atoms with Crippen molar-refractivity contribution in [2.75, 3.05) is 13.1 Å². The average Bonchev–Trinajstić information content (AvgIpc) is 2.55. The molecule has 0 aromatic rings. The molecule has 0 spiro atoms. The zero-order valence-corrected chi connectivity index (χ0v) is 12.0. The molecule has 19 heavy (non-hydrogen) atoms. The molecule has 5 nitrogen and oxygen atoms in total. The molecule has 1 saturated carbocycles. The van der Waals surface area contributed by atoms with Gasteiger partial charge >= 0.3 is 12.0 Å². The number of urea groups is 1. The van der Waals surface area contributed by atoms with Gasteiger partial charge in [0.05, 0.1) is 0 Å². The fraction of sp³-hybridized carbons (Fsp3) is 0.857. The molecule has 0 atom stereocenters. The minimum Gasteiger partial charge on any atom is -0.480 e. The molecular weight excluding hydrogens is 244 g/mol. The van der Waals surface area contributed by atoms with Gasteiger partial charge in [-0.15, -0.1) is 0 Å². The van der Waals surface area contributed by atoms with Gasteiger partial charge in [0.1, 0.15) is 6.54 Å². The Morgan fingerprint density at radius 3 is 2.26 bits per heavy atom. The van der Waals surface area contributed by atoms with Crippen molar-refractivity contribution in [3.05, 3.63) is 0 Å². The fourth-order valence-corrected chi connectivity index (χ4v) is 2.51. The molecule has 1 aliphatic rings. The topological polar surface area (TPSA) is 69.6 Å². The molecular formula is C14H26N2O3. The molecule has 0 radical (unpaired) electrons. The van der Waals surface area contributed by atoms with Crippen LogP contribution in [-0.2, 0) is 4.79 Å². The highest BCUT2D eigenvalue weighted by Gasteiger charge is 2.21. The Balaban J connectivity index is 2.51. The van der Waals surface area contributed by atoms with E-state index in [2.05, 4.69) is 5.32 Å². The Bertz CT molecular complexity index is 297. The van der Waals surface area contributed by atoms with E-state index in [0.29, 0.717) is 6.54 Å². The van der Waals surface area contributed by atoms with Gasteiger partial charge in [-0.3, -0.25) is 4.79 Å². The van der Waals surface area contributed by atoms with Crippen molar-refractivity contribution in [2.24, 2.45) is 5.92 Å². The fourth-order valence-electron chi connectivity index (χ4n) is 2.51. The second-order valence-electron chi connectivity index (χ2n) is 5.81. The maximum atomic E-state index is 12.1. The standard InChI is InChI=1S/C14H26N2O3/c1-11(2)9-16(10-13(17)18)14(19)15-12-7-5-3-4-6-8-12/h11-12H,3-10H2,1-2H3,(H,15,19)(H,17,18). The number of rotatable bonds is 5. The number of nitrogens with one attached hydrogen (secondary N) is 1. The molecule has 1 rings (SSSR count). The summed E-state index contributed by atoms with van der Waals surface area (Å²) in [6.07, 6.45) is 6.78. The van der Waals surface area contributed by atoms with Crippen molar-refractivity contribution in [1.29, 1.82) is 0 Å². The lowest BCUT2D eigenvalue weighted by atomic mass is 10.1. The summed E-state index contributed by atoms with van der Waals surface area (Å²) in [5.41, 5.74) is 0. The number of carbonyl (C=O) groups excluding carboxylic acids is 1. The number of aliphatic carboxylic acids is 1. The number of nitrogens with zero attached hydrogens (tertiary/aromatic N) is 1. The van der Waals surface area contributed by atoms with Crippen LogP contribution in [0.4, 0.5) is 4.79 Å². The van der Waals surface area contributed by atoms with Gasteiger partial charge in [0.25, 0.3) is 0 Å². The van der Waals surface area contributed by atoms with Crippen molar-refractivity contribution in [3.8, 4) is 0 Å². The summed E-state index contributed by atoms with van der Waals surface area (Å²) in [6.45, 7) is 4.21. The van der Waals surface area contributed by atoms with E-state index >= 15 is 0 Å². The molecule has 1 aliphatic carbocycles. The monoisotopic (exact) mass is 270 g/mol. The summed E-state index contributed by atoms with van der Waals surface area (Å²) in [6, 6.07) is -0.0264. The van der Waals surface area contributed by atoms with Gasteiger partial charge in [-0.2, -0.15) is 0 Å². The van der Waals surface area contributed by atoms with Gasteiger partial charge < -0.3 is 15.3 Å². The van der Waals surface area contributed by atoms with Crippen LogP contribution in [0.1, 0.15) is 52.4 Å². The molecule has 0 aromatic carbocycles. The Kier molecular flexibility index (Phi) is 6.67. The van der Waals surface area contributed by atoms with Gasteiger partial charge in [-0.25, -0.2) is 4.79 Å². The lowest BCUT2D eigenvalue weighted by molar-refractivity contribution is -0.137. The molecule has 110 valence electrons. The minimum absolute atomic E-state index is 0.207. The van der Waals surface area contributed by atoms with E-state index in [1.807, 2.05) is 13.8 Å². The molecule has 0 bridgehead atoms. The predicted octanol–water partition coefficient (Wildman–Crippen LogP) is 2.46. The minimum atomic E-state index is -0.961. The third-order valence-electron chi connectivity index (χ3n) is 3.38. The largest absolute Gasteiger partial charge is 0.480 e. The zero-order valence-electron chi connectivity index (χ0n) is 12.0. The van der Waals surface area contributed by atoms with E-state index < -0.39 is 5.97 Å². The maximum Gasteiger partial charge on any atom is 0.323 e. The number of amides is 2. The SMILES string of the molecule is CC(C)CN(CC(=O)O)C(=O)NC1CCCCCC1. The van der Waals surface area contributed by atoms with Crippen LogP contribution in [0.3, 0.4) is 0 Å². The number of carboxylic acid groups (broad SMARTS) is 1.